The smallest absolute Gasteiger partial charge is 0.253 e. The van der Waals surface area contributed by atoms with Crippen molar-refractivity contribution >= 4 is 32.5 Å². The van der Waals surface area contributed by atoms with Crippen LogP contribution in [0.1, 0.15) is 41.1 Å². The Bertz CT molecular complexity index is 1260. The molecule has 0 saturated carbocycles. The molecule has 2 fully saturated rings. The summed E-state index contributed by atoms with van der Waals surface area (Å²) in [6.45, 7) is 1.82. The Kier molecular flexibility index (Phi) is 5.33. The first kappa shape index (κ1) is 20.9. The van der Waals surface area contributed by atoms with Crippen LogP contribution in [0.4, 0.5) is 5.69 Å². The van der Waals surface area contributed by atoms with Crippen LogP contribution in [0.2, 0.25) is 0 Å². The van der Waals surface area contributed by atoms with E-state index in [9.17, 15) is 13.2 Å². The van der Waals surface area contributed by atoms with Gasteiger partial charge in [0.05, 0.1) is 18.6 Å². The van der Waals surface area contributed by atoms with Crippen LogP contribution in [0.25, 0.3) is 10.9 Å². The molecule has 3 heterocycles. The van der Waals surface area contributed by atoms with Gasteiger partial charge in [0.2, 0.25) is 10.0 Å². The fraction of sp³-hybridized carbons (Fsp3) is 0.375. The van der Waals surface area contributed by atoms with E-state index in [0.717, 1.165) is 24.1 Å². The number of aromatic nitrogens is 1. The highest BCUT2D eigenvalue weighted by molar-refractivity contribution is 7.93. The predicted octanol–water partition coefficient (Wildman–Crippen LogP) is 3.74. The fourth-order valence-corrected chi connectivity index (χ4v) is 6.44. The van der Waals surface area contributed by atoms with Crippen molar-refractivity contribution in [3.8, 4) is 5.75 Å². The largest absolute Gasteiger partial charge is 0.497 e. The van der Waals surface area contributed by atoms with Crippen LogP contribution in [0.5, 0.6) is 5.75 Å². The van der Waals surface area contributed by atoms with Gasteiger partial charge in [-0.05, 0) is 67.1 Å². The number of carbonyl (C=O) groups excluding carboxylic acids is 1. The second-order valence-corrected chi connectivity index (χ2v) is 10.5. The van der Waals surface area contributed by atoms with Gasteiger partial charge in [0, 0.05) is 42.3 Å². The summed E-state index contributed by atoms with van der Waals surface area (Å²) in [6, 6.07) is 13.1. The Labute approximate surface area is 188 Å². The van der Waals surface area contributed by atoms with Gasteiger partial charge >= 0.3 is 0 Å². The number of likely N-dealkylation sites (tertiary alicyclic amines) is 1. The van der Waals surface area contributed by atoms with Gasteiger partial charge in [0.1, 0.15) is 5.75 Å². The molecule has 1 aromatic heterocycles. The Morgan fingerprint density at radius 2 is 1.91 bits per heavy atom. The van der Waals surface area contributed by atoms with Gasteiger partial charge in [-0.3, -0.25) is 9.10 Å². The van der Waals surface area contributed by atoms with Crippen LogP contribution in [0.3, 0.4) is 0 Å². The van der Waals surface area contributed by atoms with Crippen LogP contribution in [-0.2, 0) is 10.0 Å². The lowest BCUT2D eigenvalue weighted by atomic mass is 9.89. The molecule has 2 aliphatic heterocycles. The topological polar surface area (TPSA) is 82.7 Å². The van der Waals surface area contributed by atoms with Gasteiger partial charge in [-0.15, -0.1) is 0 Å². The van der Waals surface area contributed by atoms with Gasteiger partial charge in [-0.25, -0.2) is 8.42 Å². The van der Waals surface area contributed by atoms with Gasteiger partial charge in [-0.1, -0.05) is 6.07 Å². The molecule has 0 radical (unpaired) electrons. The lowest BCUT2D eigenvalue weighted by Crippen LogP contribution is -2.38. The molecule has 32 heavy (non-hydrogen) atoms. The first-order valence-electron chi connectivity index (χ1n) is 11.0. The summed E-state index contributed by atoms with van der Waals surface area (Å²) in [4.78, 5) is 18.4. The van der Waals surface area contributed by atoms with Gasteiger partial charge < -0.3 is 14.6 Å². The number of nitrogens with zero attached hydrogens (tertiary/aromatic N) is 2. The van der Waals surface area contributed by atoms with Crippen molar-refractivity contribution in [3.63, 3.8) is 0 Å². The minimum atomic E-state index is -3.27. The van der Waals surface area contributed by atoms with E-state index in [1.54, 1.807) is 31.4 Å². The highest BCUT2D eigenvalue weighted by atomic mass is 32.2. The third-order valence-corrected chi connectivity index (χ3v) is 8.49. The molecule has 2 aromatic carbocycles. The lowest BCUT2D eigenvalue weighted by molar-refractivity contribution is 0.0713. The second kappa shape index (κ2) is 8.16. The minimum absolute atomic E-state index is 0.0394. The van der Waals surface area contributed by atoms with Crippen LogP contribution in [0.15, 0.2) is 48.7 Å². The summed E-state index contributed by atoms with van der Waals surface area (Å²) >= 11 is 0. The summed E-state index contributed by atoms with van der Waals surface area (Å²) in [6.07, 6.45) is 4.46. The maximum Gasteiger partial charge on any atom is 0.253 e. The molecule has 1 N–H and O–H groups in total. The second-order valence-electron chi connectivity index (χ2n) is 8.51. The molecule has 0 unspecified atom stereocenters. The van der Waals surface area contributed by atoms with E-state index in [1.165, 1.54) is 15.3 Å². The summed E-state index contributed by atoms with van der Waals surface area (Å²) in [5, 5.41) is 1.17. The number of amides is 1. The summed E-state index contributed by atoms with van der Waals surface area (Å²) in [7, 11) is -1.59. The Morgan fingerprint density at radius 3 is 2.62 bits per heavy atom. The van der Waals surface area contributed by atoms with Gasteiger partial charge in [-0.2, -0.15) is 0 Å². The number of piperidine rings is 1. The standard InChI is InChI=1S/C24H27N3O4S/c1-31-20-6-7-23-21(15-20)22(16-25-23)17-8-11-26(12-9-17)24(28)18-4-2-5-19(14-18)27-10-3-13-32(27,29)30/h2,4-7,14-17,25H,3,8-13H2,1H3. The molecular formula is C24H27N3O4S. The number of carbonyl (C=O) groups is 1. The number of nitrogens with one attached hydrogen (secondary N) is 1. The molecule has 0 spiro atoms. The molecular weight excluding hydrogens is 426 g/mol. The molecule has 3 aromatic rings. The minimum Gasteiger partial charge on any atom is -0.497 e. The van der Waals surface area contributed by atoms with E-state index in [4.69, 9.17) is 4.74 Å². The zero-order chi connectivity index (χ0) is 22.3. The third kappa shape index (κ3) is 3.72. The number of ether oxygens (including phenoxy) is 1. The number of sulfonamides is 1. The molecule has 2 saturated heterocycles. The van der Waals surface area contributed by atoms with Crippen molar-refractivity contribution in [2.75, 3.05) is 36.8 Å². The molecule has 8 heteroatoms. The number of rotatable bonds is 4. The zero-order valence-electron chi connectivity index (χ0n) is 18.1. The van der Waals surface area contributed by atoms with Crippen molar-refractivity contribution in [2.24, 2.45) is 0 Å². The number of hydrogen-bond donors (Lipinski definition) is 1. The Balaban J connectivity index is 1.30. The maximum absolute atomic E-state index is 13.2. The quantitative estimate of drug-likeness (QED) is 0.652. The van der Waals surface area contributed by atoms with Crippen LogP contribution in [-0.4, -0.2) is 56.7 Å². The Morgan fingerprint density at radius 1 is 1.09 bits per heavy atom. The van der Waals surface area contributed by atoms with Crippen molar-refractivity contribution in [2.45, 2.75) is 25.2 Å². The molecule has 1 amide bonds. The predicted molar refractivity (Wildman–Crippen MR) is 125 cm³/mol. The lowest BCUT2D eigenvalue weighted by Gasteiger charge is -2.32. The van der Waals surface area contributed by atoms with Crippen molar-refractivity contribution in [3.05, 3.63) is 59.8 Å². The fourth-order valence-electron chi connectivity index (χ4n) is 4.89. The number of fused-ring (bicyclic) bond motifs is 1. The highest BCUT2D eigenvalue weighted by Crippen LogP contribution is 2.35. The van der Waals surface area contributed by atoms with Crippen LogP contribution >= 0.6 is 0 Å². The van der Waals surface area contributed by atoms with E-state index in [2.05, 4.69) is 17.2 Å². The monoisotopic (exact) mass is 453 g/mol. The van der Waals surface area contributed by atoms with Crippen molar-refractivity contribution in [1.29, 1.82) is 0 Å². The maximum atomic E-state index is 13.2. The molecule has 2 aliphatic rings. The molecule has 0 atom stereocenters. The van der Waals surface area contributed by atoms with Crippen molar-refractivity contribution < 1.29 is 17.9 Å². The number of aromatic amines is 1. The summed E-state index contributed by atoms with van der Waals surface area (Å²) < 4.78 is 31.3. The zero-order valence-corrected chi connectivity index (χ0v) is 18.9. The van der Waals surface area contributed by atoms with Crippen molar-refractivity contribution in [1.82, 2.24) is 9.88 Å². The van der Waals surface area contributed by atoms with Gasteiger partial charge in [0.25, 0.3) is 5.91 Å². The number of hydrogen-bond acceptors (Lipinski definition) is 4. The Hall–Kier alpha value is -3.00. The molecule has 0 bridgehead atoms. The SMILES string of the molecule is COc1ccc2[nH]cc(C3CCN(C(=O)c4cccc(N5CCCS5(=O)=O)c4)CC3)c2c1. The van der Waals surface area contributed by atoms with E-state index in [1.807, 2.05) is 17.0 Å². The summed E-state index contributed by atoms with van der Waals surface area (Å²) in [5.41, 5.74) is 3.48. The average Bonchev–Trinajstić information content (AvgIpc) is 3.40. The number of methoxy groups -OCH3 is 1. The first-order chi connectivity index (χ1) is 15.5. The molecule has 0 aliphatic carbocycles. The van der Waals surface area contributed by atoms with E-state index in [0.29, 0.717) is 43.2 Å². The van der Waals surface area contributed by atoms with E-state index < -0.39 is 10.0 Å². The third-order valence-electron chi connectivity index (χ3n) is 6.62. The normalized spacial score (nSPS) is 18.9. The number of anilines is 1. The van der Waals surface area contributed by atoms with Crippen LogP contribution in [0, 0.1) is 0 Å². The number of benzene rings is 2. The molecule has 7 nitrogen and oxygen atoms in total. The number of H-pyrrole nitrogens is 1. The highest BCUT2D eigenvalue weighted by Gasteiger charge is 2.30. The molecule has 168 valence electrons. The van der Waals surface area contributed by atoms with E-state index >= 15 is 0 Å². The van der Waals surface area contributed by atoms with E-state index in [-0.39, 0.29) is 11.7 Å². The van der Waals surface area contributed by atoms with Crippen LogP contribution < -0.4 is 9.04 Å². The van der Waals surface area contributed by atoms with Gasteiger partial charge in [0.15, 0.2) is 0 Å². The first-order valence-corrected chi connectivity index (χ1v) is 12.6. The summed E-state index contributed by atoms with van der Waals surface area (Å²) in [5.74, 6) is 1.34. The molecule has 5 rings (SSSR count). The average molecular weight is 454 g/mol.